The van der Waals surface area contributed by atoms with Gasteiger partial charge in [0.2, 0.25) is 0 Å². The molecular weight excluding hydrogens is 402 g/mol. The van der Waals surface area contributed by atoms with E-state index in [0.29, 0.717) is 28.8 Å². The fourth-order valence-corrected chi connectivity index (χ4v) is 3.67. The van der Waals surface area contributed by atoms with E-state index >= 15 is 0 Å². The van der Waals surface area contributed by atoms with Crippen LogP contribution in [0.5, 0.6) is 5.75 Å². The second-order valence-corrected chi connectivity index (χ2v) is 7.30. The Bertz CT molecular complexity index is 1580. The van der Waals surface area contributed by atoms with Gasteiger partial charge in [-0.15, -0.1) is 4.68 Å². The lowest BCUT2D eigenvalue weighted by Gasteiger charge is -2.11. The van der Waals surface area contributed by atoms with Gasteiger partial charge in [-0.05, 0) is 40.6 Å². The quantitative estimate of drug-likeness (QED) is 0.430. The molecule has 0 saturated carbocycles. The van der Waals surface area contributed by atoms with Crippen LogP contribution in [-0.4, -0.2) is 15.9 Å². The fourth-order valence-electron chi connectivity index (χ4n) is 3.67. The highest BCUT2D eigenvalue weighted by Gasteiger charge is 2.07. The van der Waals surface area contributed by atoms with Crippen molar-refractivity contribution in [2.75, 3.05) is 0 Å². The average Bonchev–Trinajstić information content (AvgIpc) is 2.83. The molecule has 156 valence electrons. The third kappa shape index (κ3) is 3.70. The molecule has 0 bridgehead atoms. The van der Waals surface area contributed by atoms with E-state index in [1.54, 1.807) is 24.3 Å². The van der Waals surface area contributed by atoms with Gasteiger partial charge in [-0.1, -0.05) is 66.7 Å². The molecule has 1 aromatic heterocycles. The maximum Gasteiger partial charge on any atom is 0.349 e. The largest absolute Gasteiger partial charge is 0.488 e. The molecule has 1 heterocycles. The molecule has 0 spiro atoms. The molecule has 0 aliphatic heterocycles. The Morgan fingerprint density at radius 3 is 2.44 bits per heavy atom. The van der Waals surface area contributed by atoms with Gasteiger partial charge in [0.05, 0.1) is 17.1 Å². The maximum atomic E-state index is 12.7. The van der Waals surface area contributed by atoms with E-state index in [9.17, 15) is 9.59 Å². The molecule has 0 amide bonds. The number of nitrogens with zero attached hydrogens (tertiary/aromatic N) is 2. The van der Waals surface area contributed by atoms with Crippen LogP contribution in [0, 0.1) is 0 Å². The molecule has 0 aliphatic rings. The lowest BCUT2D eigenvalue weighted by molar-refractivity contribution is 0.307. The molecule has 6 nitrogen and oxygen atoms in total. The lowest BCUT2D eigenvalue weighted by Crippen LogP contribution is -2.32. The summed E-state index contributed by atoms with van der Waals surface area (Å²) in [5.41, 5.74) is 1.13. The summed E-state index contributed by atoms with van der Waals surface area (Å²) >= 11 is 0. The predicted molar refractivity (Wildman–Crippen MR) is 127 cm³/mol. The SMILES string of the molecule is O=c1[nH]c2ccccc2c(=O)n1N=Cc1ccccc1OCc1cccc2ccccc12. The van der Waals surface area contributed by atoms with Crippen molar-refractivity contribution in [1.82, 2.24) is 9.66 Å². The summed E-state index contributed by atoms with van der Waals surface area (Å²) in [7, 11) is 0. The first-order valence-corrected chi connectivity index (χ1v) is 10.2. The summed E-state index contributed by atoms with van der Waals surface area (Å²) in [5.74, 6) is 0.606. The van der Waals surface area contributed by atoms with Crippen molar-refractivity contribution in [2.45, 2.75) is 6.61 Å². The zero-order chi connectivity index (χ0) is 21.9. The monoisotopic (exact) mass is 421 g/mol. The first-order chi connectivity index (χ1) is 15.7. The Morgan fingerprint density at radius 1 is 0.812 bits per heavy atom. The second kappa shape index (κ2) is 8.35. The van der Waals surface area contributed by atoms with Gasteiger partial charge in [0.15, 0.2) is 0 Å². The van der Waals surface area contributed by atoms with Crippen molar-refractivity contribution in [2.24, 2.45) is 5.10 Å². The van der Waals surface area contributed by atoms with E-state index in [-0.39, 0.29) is 0 Å². The fraction of sp³-hybridized carbons (Fsp3) is 0.0385. The van der Waals surface area contributed by atoms with Crippen molar-refractivity contribution >= 4 is 27.9 Å². The van der Waals surface area contributed by atoms with E-state index < -0.39 is 11.2 Å². The standard InChI is InChI=1S/C26H19N3O3/c30-25-22-13-4-5-14-23(22)28-26(31)29(25)27-16-19-9-2-6-15-24(19)32-17-20-11-7-10-18-8-1-3-12-21(18)20/h1-16H,17H2,(H,28,31). The number of nitrogens with one attached hydrogen (secondary N) is 1. The molecule has 6 heteroatoms. The third-order valence-corrected chi connectivity index (χ3v) is 5.28. The number of hydrogen-bond acceptors (Lipinski definition) is 4. The molecule has 32 heavy (non-hydrogen) atoms. The maximum absolute atomic E-state index is 12.7. The van der Waals surface area contributed by atoms with Gasteiger partial charge >= 0.3 is 5.69 Å². The van der Waals surface area contributed by atoms with Crippen LogP contribution in [0.2, 0.25) is 0 Å². The number of para-hydroxylation sites is 2. The summed E-state index contributed by atoms with van der Waals surface area (Å²) in [6.45, 7) is 0.378. The van der Waals surface area contributed by atoms with E-state index in [1.807, 2.05) is 48.5 Å². The number of H-pyrrole nitrogens is 1. The summed E-state index contributed by atoms with van der Waals surface area (Å²) in [4.78, 5) is 27.7. The van der Waals surface area contributed by atoms with Crippen LogP contribution in [0.25, 0.3) is 21.7 Å². The summed E-state index contributed by atoms with van der Waals surface area (Å²) in [6, 6.07) is 28.5. The highest BCUT2D eigenvalue weighted by atomic mass is 16.5. The van der Waals surface area contributed by atoms with Crippen LogP contribution in [-0.2, 0) is 6.61 Å². The summed E-state index contributed by atoms with van der Waals surface area (Å²) < 4.78 is 6.91. The van der Waals surface area contributed by atoms with Gasteiger partial charge in [-0.3, -0.25) is 4.79 Å². The van der Waals surface area contributed by atoms with Gasteiger partial charge in [0.1, 0.15) is 12.4 Å². The topological polar surface area (TPSA) is 76.5 Å². The van der Waals surface area contributed by atoms with Gasteiger partial charge < -0.3 is 9.72 Å². The van der Waals surface area contributed by atoms with E-state index in [4.69, 9.17) is 4.74 Å². The average molecular weight is 421 g/mol. The van der Waals surface area contributed by atoms with Crippen LogP contribution in [0.3, 0.4) is 0 Å². The van der Waals surface area contributed by atoms with Crippen LogP contribution < -0.4 is 16.0 Å². The van der Waals surface area contributed by atoms with E-state index in [1.165, 1.54) is 6.21 Å². The van der Waals surface area contributed by atoms with E-state index in [0.717, 1.165) is 21.0 Å². The predicted octanol–water partition coefficient (Wildman–Crippen LogP) is 4.30. The molecule has 1 N–H and O–H groups in total. The number of rotatable bonds is 5. The van der Waals surface area contributed by atoms with Crippen molar-refractivity contribution in [3.05, 3.63) is 123 Å². The molecule has 0 saturated heterocycles. The highest BCUT2D eigenvalue weighted by molar-refractivity contribution is 5.86. The smallest absolute Gasteiger partial charge is 0.349 e. The van der Waals surface area contributed by atoms with Crippen molar-refractivity contribution in [3.63, 3.8) is 0 Å². The minimum atomic E-state index is -0.598. The Balaban J connectivity index is 1.46. The van der Waals surface area contributed by atoms with Gasteiger partial charge in [0, 0.05) is 5.56 Å². The zero-order valence-electron chi connectivity index (χ0n) is 17.1. The zero-order valence-corrected chi connectivity index (χ0v) is 17.1. The Kier molecular flexibility index (Phi) is 5.09. The van der Waals surface area contributed by atoms with Crippen molar-refractivity contribution in [3.8, 4) is 5.75 Å². The molecule has 0 radical (unpaired) electrons. The van der Waals surface area contributed by atoms with E-state index in [2.05, 4.69) is 28.3 Å². The number of benzene rings is 4. The minimum absolute atomic E-state index is 0.378. The van der Waals surface area contributed by atoms with Crippen molar-refractivity contribution < 1.29 is 4.74 Å². The van der Waals surface area contributed by atoms with Gasteiger partial charge in [-0.25, -0.2) is 4.79 Å². The normalized spacial score (nSPS) is 11.4. The molecular formula is C26H19N3O3. The third-order valence-electron chi connectivity index (χ3n) is 5.28. The number of hydrogen-bond donors (Lipinski definition) is 1. The van der Waals surface area contributed by atoms with Crippen LogP contribution in [0.1, 0.15) is 11.1 Å². The lowest BCUT2D eigenvalue weighted by atomic mass is 10.1. The van der Waals surface area contributed by atoms with Gasteiger partial charge in [0.25, 0.3) is 5.56 Å². The van der Waals surface area contributed by atoms with Crippen LogP contribution in [0.15, 0.2) is 106 Å². The second-order valence-electron chi connectivity index (χ2n) is 7.30. The number of aromatic amines is 1. The molecule has 0 aliphatic carbocycles. The first kappa shape index (κ1) is 19.5. The molecule has 5 rings (SSSR count). The Hall–Kier alpha value is -4.45. The molecule has 5 aromatic rings. The Morgan fingerprint density at radius 2 is 1.53 bits per heavy atom. The number of fused-ring (bicyclic) bond motifs is 2. The first-order valence-electron chi connectivity index (χ1n) is 10.2. The van der Waals surface area contributed by atoms with Crippen molar-refractivity contribution in [1.29, 1.82) is 0 Å². The van der Waals surface area contributed by atoms with Crippen LogP contribution >= 0.6 is 0 Å². The molecule has 0 atom stereocenters. The number of ether oxygens (including phenoxy) is 1. The number of aromatic nitrogens is 2. The molecule has 4 aromatic carbocycles. The van der Waals surface area contributed by atoms with Gasteiger partial charge in [-0.2, -0.15) is 5.10 Å². The minimum Gasteiger partial charge on any atom is -0.488 e. The summed E-state index contributed by atoms with van der Waals surface area (Å²) in [6.07, 6.45) is 1.46. The Labute approximate surface area is 183 Å². The molecule has 0 fully saturated rings. The highest BCUT2D eigenvalue weighted by Crippen LogP contribution is 2.22. The summed E-state index contributed by atoms with van der Waals surface area (Å²) in [5, 5.41) is 6.83. The molecule has 0 unspecified atom stereocenters. The van der Waals surface area contributed by atoms with Crippen LogP contribution in [0.4, 0.5) is 0 Å².